The van der Waals surface area contributed by atoms with E-state index >= 15 is 0 Å². The molecule has 0 atom stereocenters. The maximum Gasteiger partial charge on any atom is 0.254 e. The Kier molecular flexibility index (Phi) is 8.53. The number of hydrazone groups is 1. The van der Waals surface area contributed by atoms with Gasteiger partial charge in [0.1, 0.15) is 6.61 Å². The van der Waals surface area contributed by atoms with Gasteiger partial charge in [0.05, 0.1) is 19.4 Å². The minimum absolute atomic E-state index is 0.0962. The Balaban J connectivity index is 1.55. The van der Waals surface area contributed by atoms with Crippen molar-refractivity contribution >= 4 is 23.7 Å². The minimum Gasteiger partial charge on any atom is -0.490 e. The van der Waals surface area contributed by atoms with E-state index in [4.69, 9.17) is 21.1 Å². The molecular formula is C23H28ClN3O3. The first-order chi connectivity index (χ1) is 14.6. The fourth-order valence-electron chi connectivity index (χ4n) is 3.27. The number of halogens is 1. The van der Waals surface area contributed by atoms with Crippen LogP contribution in [0.15, 0.2) is 47.6 Å². The molecule has 1 amide bonds. The Bertz CT molecular complexity index is 849. The maximum absolute atomic E-state index is 12.0. The molecule has 0 radical (unpaired) electrons. The van der Waals surface area contributed by atoms with Crippen molar-refractivity contribution in [1.82, 2.24) is 10.3 Å². The fraction of sp³-hybridized carbons (Fsp3) is 0.391. The van der Waals surface area contributed by atoms with E-state index < -0.39 is 0 Å². The van der Waals surface area contributed by atoms with Crippen LogP contribution in [0.5, 0.6) is 11.5 Å². The predicted molar refractivity (Wildman–Crippen MR) is 119 cm³/mol. The van der Waals surface area contributed by atoms with E-state index in [2.05, 4.69) is 15.4 Å². The number of rotatable bonds is 9. The van der Waals surface area contributed by atoms with Crippen molar-refractivity contribution in [1.29, 1.82) is 0 Å². The summed E-state index contributed by atoms with van der Waals surface area (Å²) in [6, 6.07) is 13.1. The summed E-state index contributed by atoms with van der Waals surface area (Å²) in [5.41, 5.74) is 4.43. The largest absolute Gasteiger partial charge is 0.490 e. The number of nitrogens with zero attached hydrogens (tertiary/aromatic N) is 2. The Labute approximate surface area is 182 Å². The molecule has 0 unspecified atom stereocenters. The molecule has 30 heavy (non-hydrogen) atoms. The molecule has 2 aromatic carbocycles. The first-order valence-electron chi connectivity index (χ1n) is 10.3. The zero-order valence-corrected chi connectivity index (χ0v) is 18.0. The Morgan fingerprint density at radius 2 is 1.87 bits per heavy atom. The number of benzene rings is 2. The number of hydrogen-bond acceptors (Lipinski definition) is 5. The quantitative estimate of drug-likeness (QED) is 0.478. The molecule has 160 valence electrons. The summed E-state index contributed by atoms with van der Waals surface area (Å²) in [5, 5.41) is 4.77. The molecule has 1 aliphatic rings. The van der Waals surface area contributed by atoms with Gasteiger partial charge in [-0.1, -0.05) is 30.2 Å². The molecule has 1 aliphatic heterocycles. The molecule has 0 bridgehead atoms. The highest BCUT2D eigenvalue weighted by Gasteiger charge is 2.13. The van der Waals surface area contributed by atoms with Gasteiger partial charge in [-0.15, -0.1) is 0 Å². The number of likely N-dealkylation sites (tertiary alicyclic amines) is 1. The average Bonchev–Trinajstić information content (AvgIpc) is 2.75. The van der Waals surface area contributed by atoms with E-state index in [9.17, 15) is 4.79 Å². The number of hydrogen-bond donors (Lipinski definition) is 1. The van der Waals surface area contributed by atoms with Crippen LogP contribution in [0.3, 0.4) is 0 Å². The van der Waals surface area contributed by atoms with Crippen molar-refractivity contribution in [2.24, 2.45) is 5.10 Å². The molecule has 0 spiro atoms. The first-order valence-corrected chi connectivity index (χ1v) is 10.7. The second-order valence-corrected chi connectivity index (χ2v) is 7.62. The lowest BCUT2D eigenvalue weighted by atomic mass is 10.1. The van der Waals surface area contributed by atoms with Crippen LogP contribution < -0.4 is 14.9 Å². The van der Waals surface area contributed by atoms with Crippen molar-refractivity contribution in [3.63, 3.8) is 0 Å². The lowest BCUT2D eigenvalue weighted by Crippen LogP contribution is -2.38. The van der Waals surface area contributed by atoms with Crippen LogP contribution in [-0.4, -0.2) is 43.3 Å². The monoisotopic (exact) mass is 429 g/mol. The van der Waals surface area contributed by atoms with Gasteiger partial charge in [-0.2, -0.15) is 5.10 Å². The molecule has 1 heterocycles. The van der Waals surface area contributed by atoms with Gasteiger partial charge in [-0.05, 0) is 74.3 Å². The van der Waals surface area contributed by atoms with Crippen molar-refractivity contribution in [2.45, 2.75) is 32.8 Å². The van der Waals surface area contributed by atoms with Gasteiger partial charge < -0.3 is 9.47 Å². The molecule has 0 aliphatic carbocycles. The van der Waals surface area contributed by atoms with Crippen LogP contribution in [-0.2, 0) is 11.4 Å². The van der Waals surface area contributed by atoms with E-state index in [0.717, 1.165) is 37.1 Å². The van der Waals surface area contributed by atoms with Gasteiger partial charge in [0.15, 0.2) is 11.5 Å². The topological polar surface area (TPSA) is 63.2 Å². The van der Waals surface area contributed by atoms with Crippen LogP contribution >= 0.6 is 11.6 Å². The Morgan fingerprint density at radius 1 is 1.10 bits per heavy atom. The minimum atomic E-state index is -0.0962. The molecule has 7 heteroatoms. The summed E-state index contributed by atoms with van der Waals surface area (Å²) in [6.45, 7) is 5.20. The van der Waals surface area contributed by atoms with Crippen LogP contribution in [0.1, 0.15) is 37.3 Å². The first kappa shape index (κ1) is 22.1. The zero-order valence-electron chi connectivity index (χ0n) is 17.3. The number of carbonyl (C=O) groups is 1. The van der Waals surface area contributed by atoms with Gasteiger partial charge in [0, 0.05) is 5.02 Å². The summed E-state index contributed by atoms with van der Waals surface area (Å²) in [4.78, 5) is 14.2. The molecule has 0 aromatic heterocycles. The SMILES string of the molecule is CCOc1cc(/C=N\NC(=O)CN2CCCCC2)ccc1OCc1ccc(Cl)cc1. The highest BCUT2D eigenvalue weighted by molar-refractivity contribution is 6.30. The number of ether oxygens (including phenoxy) is 2. The molecule has 6 nitrogen and oxygen atoms in total. The standard InChI is InChI=1S/C23H28ClN3O3/c1-2-29-22-14-19(15-25-26-23(28)16-27-12-4-3-5-13-27)8-11-21(22)30-17-18-6-9-20(24)10-7-18/h6-11,14-15H,2-5,12-13,16-17H2,1H3,(H,26,28)/b25-15-. The van der Waals surface area contributed by atoms with Gasteiger partial charge in [0.2, 0.25) is 0 Å². The molecule has 1 fully saturated rings. The summed E-state index contributed by atoms with van der Waals surface area (Å²) < 4.78 is 11.6. The third-order valence-electron chi connectivity index (χ3n) is 4.79. The van der Waals surface area contributed by atoms with Gasteiger partial charge in [0.25, 0.3) is 5.91 Å². The second-order valence-electron chi connectivity index (χ2n) is 7.18. The number of piperidine rings is 1. The Morgan fingerprint density at radius 3 is 2.60 bits per heavy atom. The molecule has 0 saturated carbocycles. The van der Waals surface area contributed by atoms with E-state index in [1.54, 1.807) is 6.21 Å². The van der Waals surface area contributed by atoms with E-state index in [1.807, 2.05) is 49.4 Å². The van der Waals surface area contributed by atoms with E-state index in [-0.39, 0.29) is 5.91 Å². The van der Waals surface area contributed by atoms with Gasteiger partial charge in [-0.3, -0.25) is 9.69 Å². The van der Waals surface area contributed by atoms with Crippen LogP contribution in [0, 0.1) is 0 Å². The summed E-state index contributed by atoms with van der Waals surface area (Å²) >= 11 is 5.92. The van der Waals surface area contributed by atoms with Gasteiger partial charge in [-0.25, -0.2) is 5.43 Å². The highest BCUT2D eigenvalue weighted by Crippen LogP contribution is 2.29. The number of amides is 1. The third kappa shape index (κ3) is 7.04. The summed E-state index contributed by atoms with van der Waals surface area (Å²) in [6.07, 6.45) is 5.17. The number of nitrogens with one attached hydrogen (secondary N) is 1. The molecule has 3 rings (SSSR count). The van der Waals surface area contributed by atoms with Gasteiger partial charge >= 0.3 is 0 Å². The van der Waals surface area contributed by atoms with Crippen LogP contribution in [0.2, 0.25) is 5.02 Å². The van der Waals surface area contributed by atoms with Crippen molar-refractivity contribution in [3.05, 3.63) is 58.6 Å². The summed E-state index contributed by atoms with van der Waals surface area (Å²) in [5.74, 6) is 1.19. The zero-order chi connectivity index (χ0) is 21.2. The normalized spacial score (nSPS) is 14.6. The van der Waals surface area contributed by atoms with Crippen LogP contribution in [0.4, 0.5) is 0 Å². The molecule has 1 N–H and O–H groups in total. The number of carbonyl (C=O) groups excluding carboxylic acids is 1. The van der Waals surface area contributed by atoms with Crippen LogP contribution in [0.25, 0.3) is 0 Å². The summed E-state index contributed by atoms with van der Waals surface area (Å²) in [7, 11) is 0. The van der Waals surface area contributed by atoms with Crippen molar-refractivity contribution in [2.75, 3.05) is 26.2 Å². The van der Waals surface area contributed by atoms with E-state index in [0.29, 0.717) is 36.3 Å². The van der Waals surface area contributed by atoms with Crippen molar-refractivity contribution < 1.29 is 14.3 Å². The maximum atomic E-state index is 12.0. The van der Waals surface area contributed by atoms with E-state index in [1.165, 1.54) is 6.42 Å². The average molecular weight is 430 g/mol. The molecule has 1 saturated heterocycles. The molecular weight excluding hydrogens is 402 g/mol. The lowest BCUT2D eigenvalue weighted by molar-refractivity contribution is -0.122. The third-order valence-corrected chi connectivity index (χ3v) is 5.05. The van der Waals surface area contributed by atoms with Crippen molar-refractivity contribution in [3.8, 4) is 11.5 Å². The lowest BCUT2D eigenvalue weighted by Gasteiger charge is -2.25. The highest BCUT2D eigenvalue weighted by atomic mass is 35.5. The second kappa shape index (κ2) is 11.6. The Hall–Kier alpha value is -2.57. The predicted octanol–water partition coefficient (Wildman–Crippen LogP) is 4.25. The molecule has 2 aromatic rings. The fourth-order valence-corrected chi connectivity index (χ4v) is 3.39. The smallest absolute Gasteiger partial charge is 0.254 e.